The van der Waals surface area contributed by atoms with Gasteiger partial charge in [-0.2, -0.15) is 0 Å². The van der Waals surface area contributed by atoms with Crippen molar-refractivity contribution in [2.45, 2.75) is 13.3 Å². The summed E-state index contributed by atoms with van der Waals surface area (Å²) in [6.45, 7) is 1.99. The molecule has 0 bridgehead atoms. The van der Waals surface area contributed by atoms with Crippen LogP contribution in [0.4, 0.5) is 0 Å². The molecular weight excluding hydrogens is 220 g/mol. The highest BCUT2D eigenvalue weighted by Crippen LogP contribution is 2.24. The lowest BCUT2D eigenvalue weighted by molar-refractivity contribution is -0.132. The summed E-state index contributed by atoms with van der Waals surface area (Å²) in [6, 6.07) is 6.51. The summed E-state index contributed by atoms with van der Waals surface area (Å²) >= 11 is 0. The minimum absolute atomic E-state index is 0.108. The van der Waals surface area contributed by atoms with Crippen molar-refractivity contribution in [1.29, 1.82) is 0 Å². The van der Waals surface area contributed by atoms with E-state index in [2.05, 4.69) is 0 Å². The fourth-order valence-electron chi connectivity index (χ4n) is 1.68. The van der Waals surface area contributed by atoms with Gasteiger partial charge in [-0.15, -0.1) is 0 Å². The van der Waals surface area contributed by atoms with Gasteiger partial charge in [0.1, 0.15) is 5.75 Å². The van der Waals surface area contributed by atoms with E-state index in [1.807, 2.05) is 0 Å². The Balaban J connectivity index is 3.29. The average molecular weight is 236 g/mol. The molecule has 2 N–H and O–H groups in total. The van der Waals surface area contributed by atoms with Gasteiger partial charge in [0.05, 0.1) is 6.61 Å². The summed E-state index contributed by atoms with van der Waals surface area (Å²) in [7, 11) is 1.51. The maximum absolute atomic E-state index is 11.1. The van der Waals surface area contributed by atoms with E-state index in [0.29, 0.717) is 23.1 Å². The summed E-state index contributed by atoms with van der Waals surface area (Å²) in [5, 5.41) is 18.5. The predicted molar refractivity (Wildman–Crippen MR) is 64.8 cm³/mol. The highest BCUT2D eigenvalue weighted by Gasteiger charge is 2.14. The Morgan fingerprint density at radius 3 is 2.59 bits per heavy atom. The van der Waals surface area contributed by atoms with E-state index in [1.54, 1.807) is 25.1 Å². The number of hydrogen-bond donors (Lipinski definition) is 2. The van der Waals surface area contributed by atoms with E-state index in [4.69, 9.17) is 9.84 Å². The Morgan fingerprint density at radius 2 is 2.12 bits per heavy atom. The monoisotopic (exact) mass is 236 g/mol. The first kappa shape index (κ1) is 13.3. The van der Waals surface area contributed by atoms with Crippen LogP contribution in [-0.4, -0.2) is 29.9 Å². The van der Waals surface area contributed by atoms with Gasteiger partial charge in [-0.25, -0.2) is 4.79 Å². The van der Waals surface area contributed by atoms with Gasteiger partial charge >= 0.3 is 5.97 Å². The van der Waals surface area contributed by atoms with Crippen LogP contribution in [0.15, 0.2) is 29.8 Å². The third-order valence-electron chi connectivity index (χ3n) is 2.46. The fourth-order valence-corrected chi connectivity index (χ4v) is 1.68. The maximum atomic E-state index is 11.1. The molecule has 0 aromatic heterocycles. The number of carboxylic acids is 1. The van der Waals surface area contributed by atoms with Crippen LogP contribution in [-0.2, 0) is 9.53 Å². The molecule has 4 nitrogen and oxygen atoms in total. The van der Waals surface area contributed by atoms with Gasteiger partial charge in [0.25, 0.3) is 0 Å². The first-order chi connectivity index (χ1) is 8.10. The van der Waals surface area contributed by atoms with Crippen molar-refractivity contribution in [3.8, 4) is 5.75 Å². The highest BCUT2D eigenvalue weighted by atomic mass is 16.5. The van der Waals surface area contributed by atoms with Crippen LogP contribution in [0.5, 0.6) is 5.75 Å². The normalized spacial score (nSPS) is 12.1. The van der Waals surface area contributed by atoms with Crippen LogP contribution < -0.4 is 0 Å². The number of aromatic hydroxyl groups is 1. The molecule has 92 valence electrons. The number of carbonyl (C=O) groups is 1. The minimum atomic E-state index is -0.956. The number of hydrogen-bond acceptors (Lipinski definition) is 3. The van der Waals surface area contributed by atoms with Gasteiger partial charge in [0.15, 0.2) is 0 Å². The maximum Gasteiger partial charge on any atom is 0.331 e. The van der Waals surface area contributed by atoms with Gasteiger partial charge in [-0.05, 0) is 29.7 Å². The lowest BCUT2D eigenvalue weighted by Crippen LogP contribution is -2.07. The molecule has 1 aromatic carbocycles. The first-order valence-electron chi connectivity index (χ1n) is 5.33. The SMILES string of the molecule is CCC(C(=O)O)=C(COC)c1cccc(O)c1. The van der Waals surface area contributed by atoms with Crippen molar-refractivity contribution in [3.63, 3.8) is 0 Å². The molecule has 0 fully saturated rings. The van der Waals surface area contributed by atoms with Crippen LogP contribution in [0.3, 0.4) is 0 Å². The number of phenols is 1. The molecule has 1 aromatic rings. The van der Waals surface area contributed by atoms with Crippen LogP contribution in [0.1, 0.15) is 18.9 Å². The molecule has 0 spiro atoms. The van der Waals surface area contributed by atoms with Crippen molar-refractivity contribution >= 4 is 11.5 Å². The molecule has 0 saturated carbocycles. The molecule has 0 aliphatic carbocycles. The molecule has 0 radical (unpaired) electrons. The number of ether oxygens (including phenoxy) is 1. The van der Waals surface area contributed by atoms with Crippen molar-refractivity contribution in [2.75, 3.05) is 13.7 Å². The topological polar surface area (TPSA) is 66.8 Å². The van der Waals surface area contributed by atoms with E-state index in [0.717, 1.165) is 0 Å². The lowest BCUT2D eigenvalue weighted by atomic mass is 9.98. The number of rotatable bonds is 5. The van der Waals surface area contributed by atoms with Crippen molar-refractivity contribution in [3.05, 3.63) is 35.4 Å². The second-order valence-corrected chi connectivity index (χ2v) is 3.60. The molecular formula is C13H16O4. The molecule has 0 saturated heterocycles. The molecule has 0 atom stereocenters. The van der Waals surface area contributed by atoms with Crippen LogP contribution in [0.25, 0.3) is 5.57 Å². The Morgan fingerprint density at radius 1 is 1.41 bits per heavy atom. The van der Waals surface area contributed by atoms with Crippen LogP contribution >= 0.6 is 0 Å². The van der Waals surface area contributed by atoms with Gasteiger partial charge in [0.2, 0.25) is 0 Å². The second-order valence-electron chi connectivity index (χ2n) is 3.60. The van der Waals surface area contributed by atoms with E-state index >= 15 is 0 Å². The average Bonchev–Trinajstić information content (AvgIpc) is 2.28. The van der Waals surface area contributed by atoms with Crippen molar-refractivity contribution in [1.82, 2.24) is 0 Å². The molecule has 4 heteroatoms. The fraction of sp³-hybridized carbons (Fsp3) is 0.308. The van der Waals surface area contributed by atoms with Crippen LogP contribution in [0.2, 0.25) is 0 Å². The summed E-state index contributed by atoms with van der Waals surface area (Å²) in [5.41, 5.74) is 1.57. The molecule has 1 rings (SSSR count). The van der Waals surface area contributed by atoms with E-state index < -0.39 is 5.97 Å². The number of aliphatic carboxylic acids is 1. The lowest BCUT2D eigenvalue weighted by Gasteiger charge is -2.11. The first-order valence-corrected chi connectivity index (χ1v) is 5.33. The largest absolute Gasteiger partial charge is 0.508 e. The summed E-state index contributed by atoms with van der Waals surface area (Å²) < 4.78 is 5.03. The van der Waals surface area contributed by atoms with Gasteiger partial charge in [0, 0.05) is 12.7 Å². The Hall–Kier alpha value is -1.81. The van der Waals surface area contributed by atoms with E-state index in [-0.39, 0.29) is 12.4 Å². The summed E-state index contributed by atoms with van der Waals surface area (Å²) in [4.78, 5) is 11.1. The smallest absolute Gasteiger partial charge is 0.331 e. The molecule has 0 heterocycles. The predicted octanol–water partition coefficient (Wildman–Crippen LogP) is 2.29. The number of methoxy groups -OCH3 is 1. The van der Waals surface area contributed by atoms with Crippen LogP contribution in [0, 0.1) is 0 Å². The molecule has 17 heavy (non-hydrogen) atoms. The van der Waals surface area contributed by atoms with Gasteiger partial charge < -0.3 is 14.9 Å². The molecule has 0 aliphatic rings. The molecule has 0 aliphatic heterocycles. The highest BCUT2D eigenvalue weighted by molar-refractivity contribution is 5.96. The molecule has 0 amide bonds. The van der Waals surface area contributed by atoms with E-state index in [9.17, 15) is 9.90 Å². The zero-order valence-corrected chi connectivity index (χ0v) is 9.93. The third-order valence-corrected chi connectivity index (χ3v) is 2.46. The summed E-state index contributed by atoms with van der Waals surface area (Å²) in [6.07, 6.45) is 0.406. The standard InChI is InChI=1S/C13H16O4/c1-3-11(13(15)16)12(8-17-2)9-5-4-6-10(14)7-9/h4-7,14H,3,8H2,1-2H3,(H,15,16). The second kappa shape index (κ2) is 6.06. The third kappa shape index (κ3) is 3.32. The zero-order valence-electron chi connectivity index (χ0n) is 9.93. The zero-order chi connectivity index (χ0) is 12.8. The Bertz CT molecular complexity index is 435. The number of carboxylic acid groups (broad SMARTS) is 1. The Kier molecular flexibility index (Phi) is 4.72. The molecule has 0 unspecified atom stereocenters. The minimum Gasteiger partial charge on any atom is -0.508 e. The van der Waals surface area contributed by atoms with E-state index in [1.165, 1.54) is 13.2 Å². The number of phenolic OH excluding ortho intramolecular Hbond substituents is 1. The van der Waals surface area contributed by atoms with Crippen molar-refractivity contribution in [2.24, 2.45) is 0 Å². The quantitative estimate of drug-likeness (QED) is 0.770. The van der Waals surface area contributed by atoms with Crippen molar-refractivity contribution < 1.29 is 19.7 Å². The van der Waals surface area contributed by atoms with Gasteiger partial charge in [-0.3, -0.25) is 0 Å². The summed E-state index contributed by atoms with van der Waals surface area (Å²) in [5.74, 6) is -0.847. The number of benzene rings is 1. The van der Waals surface area contributed by atoms with Gasteiger partial charge in [-0.1, -0.05) is 19.1 Å². The Labute approximate surface area is 100 Å².